The summed E-state index contributed by atoms with van der Waals surface area (Å²) in [5, 5.41) is 0. The average Bonchev–Trinajstić information content (AvgIpc) is 2.15. The van der Waals surface area contributed by atoms with Gasteiger partial charge in [-0.05, 0) is 44.6 Å². The van der Waals surface area contributed by atoms with Gasteiger partial charge in [-0.1, -0.05) is 12.1 Å². The van der Waals surface area contributed by atoms with Gasteiger partial charge >= 0.3 is 0 Å². The van der Waals surface area contributed by atoms with Crippen LogP contribution in [0.3, 0.4) is 0 Å². The maximum Gasteiger partial charge on any atom is 0.140 e. The fourth-order valence-corrected chi connectivity index (χ4v) is 2.37. The van der Waals surface area contributed by atoms with E-state index in [1.165, 1.54) is 16.8 Å². The van der Waals surface area contributed by atoms with E-state index >= 15 is 0 Å². The van der Waals surface area contributed by atoms with Crippen LogP contribution in [-0.4, -0.2) is 19.6 Å². The highest BCUT2D eigenvalue weighted by Gasteiger charge is 2.41. The number of rotatable bonds is 0. The molecule has 1 aliphatic rings. The summed E-state index contributed by atoms with van der Waals surface area (Å²) in [7, 11) is 4.56. The maximum absolute atomic E-state index is 2.38. The number of para-hydroxylation sites is 1. The highest BCUT2D eigenvalue weighted by molar-refractivity contribution is 5.78. The van der Waals surface area contributed by atoms with Gasteiger partial charge in [-0.2, -0.15) is 0 Å². The summed E-state index contributed by atoms with van der Waals surface area (Å²) in [4.78, 5) is 0. The fraction of sp³-hybridized carbons (Fsp3) is 0.429. The van der Waals surface area contributed by atoms with Gasteiger partial charge in [0.15, 0.2) is 0 Å². The summed E-state index contributed by atoms with van der Waals surface area (Å²) in [6.45, 7) is 6.80. The average molecular weight is 202 g/mol. The minimum absolute atomic E-state index is 0.165. The molecule has 0 saturated heterocycles. The Kier molecular flexibility index (Phi) is 2.06. The van der Waals surface area contributed by atoms with Gasteiger partial charge in [0.2, 0.25) is 0 Å². The van der Waals surface area contributed by atoms with Crippen molar-refractivity contribution in [2.45, 2.75) is 26.3 Å². The quantitative estimate of drug-likeness (QED) is 0.565. The van der Waals surface area contributed by atoms with E-state index in [1.807, 2.05) is 0 Å². The van der Waals surface area contributed by atoms with Gasteiger partial charge in [-0.25, -0.2) is 0 Å². The normalized spacial score (nSPS) is 21.8. The van der Waals surface area contributed by atoms with Crippen LogP contribution in [0.25, 0.3) is 5.57 Å². The summed E-state index contributed by atoms with van der Waals surface area (Å²) < 4.78 is 0.917. The highest BCUT2D eigenvalue weighted by Crippen LogP contribution is 2.41. The molecule has 0 fully saturated rings. The third-order valence-electron chi connectivity index (χ3n) is 3.94. The Morgan fingerprint density at radius 3 is 2.33 bits per heavy atom. The number of likely N-dealkylation sites (N-methyl/N-ethyl adjacent to an activating group) is 1. The van der Waals surface area contributed by atoms with Crippen LogP contribution in [0.5, 0.6) is 0 Å². The highest BCUT2D eigenvalue weighted by atomic mass is 15.4. The van der Waals surface area contributed by atoms with Gasteiger partial charge in [0.05, 0.1) is 14.1 Å². The molecule has 1 aromatic rings. The number of hydrogen-bond donors (Lipinski definition) is 0. The lowest BCUT2D eigenvalue weighted by Gasteiger charge is -2.46. The molecule has 0 atom stereocenters. The molecule has 0 saturated carbocycles. The molecule has 1 nitrogen and oxygen atoms in total. The molecule has 2 rings (SSSR count). The smallest absolute Gasteiger partial charge is 0.140 e. The Morgan fingerprint density at radius 2 is 1.67 bits per heavy atom. The largest absolute Gasteiger partial charge is 0.288 e. The summed E-state index contributed by atoms with van der Waals surface area (Å²) in [6, 6.07) is 8.71. The van der Waals surface area contributed by atoms with E-state index in [2.05, 4.69) is 65.2 Å². The summed E-state index contributed by atoms with van der Waals surface area (Å²) >= 11 is 0. The zero-order valence-electron chi connectivity index (χ0n) is 10.3. The van der Waals surface area contributed by atoms with Crippen LogP contribution < -0.4 is 4.48 Å². The number of nitrogens with zero attached hydrogens (tertiary/aromatic N) is 1. The molecule has 0 N–H and O–H groups in total. The number of quaternary nitrogens is 1. The van der Waals surface area contributed by atoms with E-state index in [-0.39, 0.29) is 5.54 Å². The zero-order chi connectivity index (χ0) is 11.3. The number of fused-ring (bicyclic) bond motifs is 1. The fourth-order valence-electron chi connectivity index (χ4n) is 2.37. The van der Waals surface area contributed by atoms with Crippen molar-refractivity contribution in [1.29, 1.82) is 0 Å². The number of hydrogen-bond acceptors (Lipinski definition) is 0. The Bertz CT molecular complexity index is 425. The van der Waals surface area contributed by atoms with Crippen molar-refractivity contribution in [2.24, 2.45) is 0 Å². The van der Waals surface area contributed by atoms with Crippen molar-refractivity contribution in [2.75, 3.05) is 14.1 Å². The topological polar surface area (TPSA) is 0 Å². The van der Waals surface area contributed by atoms with E-state index < -0.39 is 0 Å². The second-order valence-electron chi connectivity index (χ2n) is 5.45. The van der Waals surface area contributed by atoms with Crippen molar-refractivity contribution < 1.29 is 0 Å². The molecular weight excluding hydrogens is 182 g/mol. The SMILES string of the molecule is CC1=CC(C)(C)[N+](C)(C)c2ccccc21. The van der Waals surface area contributed by atoms with E-state index in [9.17, 15) is 0 Å². The summed E-state index contributed by atoms with van der Waals surface area (Å²) in [5.41, 5.74) is 4.37. The molecule has 0 aromatic heterocycles. The van der Waals surface area contributed by atoms with Crippen LogP contribution in [0.15, 0.2) is 30.3 Å². The van der Waals surface area contributed by atoms with Crippen LogP contribution in [0.2, 0.25) is 0 Å². The molecule has 1 aliphatic heterocycles. The van der Waals surface area contributed by atoms with E-state index in [4.69, 9.17) is 0 Å². The van der Waals surface area contributed by atoms with E-state index in [0.717, 1.165) is 4.48 Å². The van der Waals surface area contributed by atoms with E-state index in [1.54, 1.807) is 0 Å². The molecule has 1 aromatic carbocycles. The van der Waals surface area contributed by atoms with Crippen LogP contribution >= 0.6 is 0 Å². The van der Waals surface area contributed by atoms with Crippen molar-refractivity contribution in [3.05, 3.63) is 35.9 Å². The Morgan fingerprint density at radius 1 is 1.07 bits per heavy atom. The number of allylic oxidation sites excluding steroid dienone is 1. The molecule has 0 bridgehead atoms. The molecule has 0 spiro atoms. The minimum Gasteiger partial charge on any atom is -0.288 e. The lowest BCUT2D eigenvalue weighted by Crippen LogP contribution is -2.58. The zero-order valence-corrected chi connectivity index (χ0v) is 10.3. The molecule has 0 aliphatic carbocycles. The van der Waals surface area contributed by atoms with Gasteiger partial charge in [0, 0.05) is 5.56 Å². The lowest BCUT2D eigenvalue weighted by molar-refractivity contribution is 0.247. The van der Waals surface area contributed by atoms with E-state index in [0.29, 0.717) is 0 Å². The van der Waals surface area contributed by atoms with Crippen molar-refractivity contribution >= 4 is 11.3 Å². The first-order valence-electron chi connectivity index (χ1n) is 5.50. The molecule has 0 radical (unpaired) electrons. The van der Waals surface area contributed by atoms with Gasteiger partial charge in [-0.15, -0.1) is 0 Å². The molecule has 1 heteroatoms. The first kappa shape index (κ1) is 10.4. The Labute approximate surface area is 92.6 Å². The molecule has 80 valence electrons. The minimum atomic E-state index is 0.165. The molecule has 0 amide bonds. The van der Waals surface area contributed by atoms with Gasteiger partial charge in [0.1, 0.15) is 11.2 Å². The maximum atomic E-state index is 2.38. The molecule has 15 heavy (non-hydrogen) atoms. The predicted octanol–water partition coefficient (Wildman–Crippen LogP) is 3.45. The van der Waals surface area contributed by atoms with Crippen LogP contribution in [0.1, 0.15) is 26.3 Å². The van der Waals surface area contributed by atoms with Gasteiger partial charge < -0.3 is 0 Å². The van der Waals surface area contributed by atoms with Crippen molar-refractivity contribution in [1.82, 2.24) is 4.48 Å². The monoisotopic (exact) mass is 202 g/mol. The standard InChI is InChI=1S/C14H20N/c1-11-10-14(2,3)15(4,5)13-9-7-6-8-12(11)13/h6-10H,1-5H3/q+1. The second-order valence-corrected chi connectivity index (χ2v) is 5.45. The lowest BCUT2D eigenvalue weighted by atomic mass is 9.87. The first-order valence-corrected chi connectivity index (χ1v) is 5.50. The third kappa shape index (κ3) is 1.34. The van der Waals surface area contributed by atoms with Gasteiger partial charge in [0.25, 0.3) is 0 Å². The van der Waals surface area contributed by atoms with Crippen LogP contribution in [0, 0.1) is 0 Å². The van der Waals surface area contributed by atoms with Crippen molar-refractivity contribution in [3.8, 4) is 0 Å². The Hall–Kier alpha value is -1.08. The van der Waals surface area contributed by atoms with Crippen LogP contribution in [-0.2, 0) is 0 Å². The van der Waals surface area contributed by atoms with Crippen molar-refractivity contribution in [3.63, 3.8) is 0 Å². The molecular formula is C14H20N+. The second kappa shape index (κ2) is 2.96. The molecule has 1 heterocycles. The predicted molar refractivity (Wildman–Crippen MR) is 67.8 cm³/mol. The summed E-state index contributed by atoms with van der Waals surface area (Å²) in [6.07, 6.45) is 2.38. The van der Waals surface area contributed by atoms with Crippen LogP contribution in [0.4, 0.5) is 5.69 Å². The Balaban J connectivity index is 2.73. The first-order chi connectivity index (χ1) is 6.86. The summed E-state index contributed by atoms with van der Waals surface area (Å²) in [5.74, 6) is 0. The number of benzene rings is 1. The third-order valence-corrected chi connectivity index (χ3v) is 3.94. The molecule has 0 unspecified atom stereocenters. The van der Waals surface area contributed by atoms with Gasteiger partial charge in [-0.3, -0.25) is 4.48 Å².